The number of amides is 3. The van der Waals surface area contributed by atoms with Crippen molar-refractivity contribution in [2.45, 2.75) is 50.6 Å². The zero-order valence-electron chi connectivity index (χ0n) is 16.4. The number of halogens is 2. The maximum absolute atomic E-state index is 13.3. The first-order chi connectivity index (χ1) is 14.4. The summed E-state index contributed by atoms with van der Waals surface area (Å²) < 4.78 is 0. The van der Waals surface area contributed by atoms with Crippen LogP contribution in [0.2, 0.25) is 10.0 Å². The zero-order valence-corrected chi connectivity index (χ0v) is 17.9. The first-order valence-corrected chi connectivity index (χ1v) is 10.9. The molecule has 2 fully saturated rings. The minimum atomic E-state index is -0.768. The van der Waals surface area contributed by atoms with E-state index in [-0.39, 0.29) is 36.6 Å². The summed E-state index contributed by atoms with van der Waals surface area (Å²) in [5.41, 5.74) is 1.31. The van der Waals surface area contributed by atoms with Gasteiger partial charge in [0.2, 0.25) is 11.8 Å². The molecule has 0 radical (unpaired) electrons. The van der Waals surface area contributed by atoms with Crippen molar-refractivity contribution in [2.75, 3.05) is 4.90 Å². The van der Waals surface area contributed by atoms with E-state index in [1.165, 1.54) is 4.90 Å². The van der Waals surface area contributed by atoms with Crippen LogP contribution in [0.1, 0.15) is 37.7 Å². The van der Waals surface area contributed by atoms with Gasteiger partial charge in [0.1, 0.15) is 6.04 Å². The van der Waals surface area contributed by atoms with Gasteiger partial charge in [0.25, 0.3) is 5.91 Å². The number of nitrogens with zero attached hydrogens (tertiary/aromatic N) is 2. The summed E-state index contributed by atoms with van der Waals surface area (Å²) in [4.78, 5) is 42.2. The van der Waals surface area contributed by atoms with E-state index >= 15 is 0 Å². The number of imide groups is 1. The van der Waals surface area contributed by atoms with Gasteiger partial charge in [-0.05, 0) is 54.8 Å². The van der Waals surface area contributed by atoms with Crippen molar-refractivity contribution in [2.24, 2.45) is 0 Å². The fourth-order valence-corrected chi connectivity index (χ4v) is 4.63. The van der Waals surface area contributed by atoms with Crippen LogP contribution in [0.3, 0.4) is 0 Å². The number of benzene rings is 2. The lowest BCUT2D eigenvalue weighted by atomic mass is 10.1. The van der Waals surface area contributed by atoms with E-state index in [0.29, 0.717) is 15.7 Å². The molecule has 0 spiro atoms. The lowest BCUT2D eigenvalue weighted by Gasteiger charge is -2.33. The monoisotopic (exact) mass is 444 g/mol. The van der Waals surface area contributed by atoms with E-state index in [0.717, 1.165) is 31.2 Å². The van der Waals surface area contributed by atoms with E-state index in [1.54, 1.807) is 41.3 Å². The van der Waals surface area contributed by atoms with Gasteiger partial charge >= 0.3 is 0 Å². The molecular formula is C23H22Cl2N2O3. The highest BCUT2D eigenvalue weighted by Crippen LogP contribution is 2.32. The fourth-order valence-electron chi connectivity index (χ4n) is 4.38. The van der Waals surface area contributed by atoms with Crippen molar-refractivity contribution in [3.05, 3.63) is 64.1 Å². The average molecular weight is 445 g/mol. The Bertz CT molecular complexity index is 953. The van der Waals surface area contributed by atoms with Crippen LogP contribution in [0.15, 0.2) is 48.5 Å². The molecular weight excluding hydrogens is 423 g/mol. The fraction of sp³-hybridized carbons (Fsp3) is 0.348. The third-order valence-corrected chi connectivity index (χ3v) is 6.32. The molecule has 4 rings (SSSR count). The normalized spacial score (nSPS) is 19.5. The first-order valence-electron chi connectivity index (χ1n) is 10.1. The van der Waals surface area contributed by atoms with Gasteiger partial charge in [-0.25, -0.2) is 4.90 Å². The number of carbonyl (C=O) groups excluding carboxylic acids is 3. The maximum Gasteiger partial charge on any atom is 0.257 e. The lowest BCUT2D eigenvalue weighted by molar-refractivity contribution is -0.140. The topological polar surface area (TPSA) is 57.7 Å². The van der Waals surface area contributed by atoms with Crippen LogP contribution in [0, 0.1) is 0 Å². The highest BCUT2D eigenvalue weighted by Gasteiger charge is 2.46. The zero-order chi connectivity index (χ0) is 21.3. The van der Waals surface area contributed by atoms with E-state index in [9.17, 15) is 14.4 Å². The summed E-state index contributed by atoms with van der Waals surface area (Å²) in [7, 11) is 0. The van der Waals surface area contributed by atoms with Crippen molar-refractivity contribution >= 4 is 46.6 Å². The Kier molecular flexibility index (Phi) is 6.11. The molecule has 1 saturated carbocycles. The lowest BCUT2D eigenvalue weighted by Crippen LogP contribution is -2.50. The van der Waals surface area contributed by atoms with Crippen molar-refractivity contribution in [3.8, 4) is 0 Å². The van der Waals surface area contributed by atoms with E-state index in [1.807, 2.05) is 12.1 Å². The molecule has 30 heavy (non-hydrogen) atoms. The molecule has 1 unspecified atom stereocenters. The number of hydrogen-bond acceptors (Lipinski definition) is 3. The summed E-state index contributed by atoms with van der Waals surface area (Å²) in [5, 5.41) is 1.13. The Labute approximate surface area is 185 Å². The van der Waals surface area contributed by atoms with Gasteiger partial charge in [-0.15, -0.1) is 0 Å². The highest BCUT2D eigenvalue weighted by molar-refractivity contribution is 6.31. The second kappa shape index (κ2) is 8.78. The summed E-state index contributed by atoms with van der Waals surface area (Å²) in [6, 6.07) is 12.9. The smallest absolute Gasteiger partial charge is 0.257 e. The van der Waals surface area contributed by atoms with Crippen LogP contribution in [-0.2, 0) is 20.8 Å². The van der Waals surface area contributed by atoms with Crippen molar-refractivity contribution in [3.63, 3.8) is 0 Å². The largest absolute Gasteiger partial charge is 0.327 e. The van der Waals surface area contributed by atoms with E-state index < -0.39 is 6.04 Å². The van der Waals surface area contributed by atoms with Gasteiger partial charge in [-0.1, -0.05) is 48.2 Å². The van der Waals surface area contributed by atoms with Gasteiger partial charge in [0.05, 0.1) is 18.5 Å². The molecule has 5 nitrogen and oxygen atoms in total. The Morgan fingerprint density at radius 3 is 2.10 bits per heavy atom. The molecule has 2 aromatic rings. The molecule has 2 aliphatic rings. The van der Waals surface area contributed by atoms with Gasteiger partial charge in [-0.3, -0.25) is 14.4 Å². The molecule has 1 aliphatic carbocycles. The molecule has 0 bridgehead atoms. The highest BCUT2D eigenvalue weighted by atomic mass is 35.5. The molecule has 1 saturated heterocycles. The quantitative estimate of drug-likeness (QED) is 0.631. The summed E-state index contributed by atoms with van der Waals surface area (Å²) in [6.07, 6.45) is 3.92. The second-order valence-electron chi connectivity index (χ2n) is 7.81. The first kappa shape index (κ1) is 20.9. The van der Waals surface area contributed by atoms with E-state index in [2.05, 4.69) is 0 Å². The molecule has 1 aliphatic heterocycles. The Morgan fingerprint density at radius 2 is 1.50 bits per heavy atom. The Hall–Kier alpha value is -2.37. The molecule has 7 heteroatoms. The maximum atomic E-state index is 13.3. The van der Waals surface area contributed by atoms with Crippen molar-refractivity contribution in [1.29, 1.82) is 0 Å². The number of carbonyl (C=O) groups is 3. The summed E-state index contributed by atoms with van der Waals surface area (Å²) in [5.74, 6) is -0.776. The molecule has 1 atom stereocenters. The number of hydrogen-bond donors (Lipinski definition) is 0. The summed E-state index contributed by atoms with van der Waals surface area (Å²) in [6.45, 7) is 0. The van der Waals surface area contributed by atoms with Crippen LogP contribution < -0.4 is 4.90 Å². The molecule has 0 N–H and O–H groups in total. The molecule has 0 aromatic heterocycles. The van der Waals surface area contributed by atoms with Crippen LogP contribution in [0.4, 0.5) is 5.69 Å². The second-order valence-corrected chi connectivity index (χ2v) is 8.68. The molecule has 1 heterocycles. The average Bonchev–Trinajstić information content (AvgIpc) is 3.34. The minimum absolute atomic E-state index is 0.00428. The predicted molar refractivity (Wildman–Crippen MR) is 117 cm³/mol. The van der Waals surface area contributed by atoms with Gasteiger partial charge in [0.15, 0.2) is 0 Å². The minimum Gasteiger partial charge on any atom is -0.327 e. The third-order valence-electron chi connectivity index (χ3n) is 5.82. The molecule has 2 aromatic carbocycles. The van der Waals surface area contributed by atoms with Crippen molar-refractivity contribution < 1.29 is 14.4 Å². The molecule has 3 amide bonds. The van der Waals surface area contributed by atoms with Crippen molar-refractivity contribution in [1.82, 2.24) is 4.90 Å². The Morgan fingerprint density at radius 1 is 0.933 bits per heavy atom. The number of rotatable bonds is 5. The SMILES string of the molecule is O=C1CC(N(C(=O)Cc2ccc(Cl)cc2)C2CCCC2)C(=O)N1c1ccc(Cl)cc1. The summed E-state index contributed by atoms with van der Waals surface area (Å²) >= 11 is 11.9. The van der Waals surface area contributed by atoms with Crippen LogP contribution in [0.5, 0.6) is 0 Å². The van der Waals surface area contributed by atoms with Crippen LogP contribution >= 0.6 is 23.2 Å². The predicted octanol–water partition coefficient (Wildman–Crippen LogP) is 4.64. The molecule has 156 valence electrons. The van der Waals surface area contributed by atoms with Gasteiger partial charge in [-0.2, -0.15) is 0 Å². The van der Waals surface area contributed by atoms with Gasteiger partial charge < -0.3 is 4.90 Å². The van der Waals surface area contributed by atoms with Crippen LogP contribution in [0.25, 0.3) is 0 Å². The standard InChI is InChI=1S/C23H22Cl2N2O3/c24-16-7-5-15(6-8-16)13-21(28)26(18-3-1-2-4-18)20-14-22(29)27(23(20)30)19-11-9-17(25)10-12-19/h5-12,18,20H,1-4,13-14H2. The Balaban J connectivity index is 1.59. The third kappa shape index (κ3) is 4.23. The number of anilines is 1. The van der Waals surface area contributed by atoms with Crippen LogP contribution in [-0.4, -0.2) is 34.7 Å². The van der Waals surface area contributed by atoms with E-state index in [4.69, 9.17) is 23.2 Å². The van der Waals surface area contributed by atoms with Gasteiger partial charge in [0, 0.05) is 16.1 Å².